The maximum Gasteiger partial charge on any atom is 0.255 e. The van der Waals surface area contributed by atoms with E-state index in [0.29, 0.717) is 17.1 Å². The van der Waals surface area contributed by atoms with Crippen LogP contribution in [0, 0.1) is 12.7 Å². The SMILES string of the molecule is Cc1oc(-c2ccc(F)cc2)cc1C(=O)NC1CCCCC1. The highest BCUT2D eigenvalue weighted by molar-refractivity contribution is 5.96. The van der Waals surface area contributed by atoms with Gasteiger partial charge in [-0.15, -0.1) is 0 Å². The first-order chi connectivity index (χ1) is 10.6. The molecule has 0 spiro atoms. The quantitative estimate of drug-likeness (QED) is 0.909. The summed E-state index contributed by atoms with van der Waals surface area (Å²) < 4.78 is 18.6. The number of rotatable bonds is 3. The third-order valence-electron chi connectivity index (χ3n) is 4.23. The highest BCUT2D eigenvalue weighted by atomic mass is 19.1. The van der Waals surface area contributed by atoms with Crippen LogP contribution in [0.25, 0.3) is 11.3 Å². The van der Waals surface area contributed by atoms with E-state index in [-0.39, 0.29) is 17.8 Å². The molecular weight excluding hydrogens is 281 g/mol. The fourth-order valence-corrected chi connectivity index (χ4v) is 2.97. The molecule has 0 aliphatic heterocycles. The summed E-state index contributed by atoms with van der Waals surface area (Å²) in [4.78, 5) is 12.4. The Morgan fingerprint density at radius 3 is 2.55 bits per heavy atom. The smallest absolute Gasteiger partial charge is 0.255 e. The molecule has 1 aliphatic rings. The van der Waals surface area contributed by atoms with Crippen LogP contribution in [0.3, 0.4) is 0 Å². The number of benzene rings is 1. The Morgan fingerprint density at radius 2 is 1.86 bits per heavy atom. The summed E-state index contributed by atoms with van der Waals surface area (Å²) >= 11 is 0. The molecule has 0 atom stereocenters. The van der Waals surface area contributed by atoms with Crippen LogP contribution >= 0.6 is 0 Å². The van der Waals surface area contributed by atoms with Crippen LogP contribution in [0.5, 0.6) is 0 Å². The molecule has 1 fully saturated rings. The summed E-state index contributed by atoms with van der Waals surface area (Å²) in [6.45, 7) is 1.78. The Hall–Kier alpha value is -2.10. The second-order valence-electron chi connectivity index (χ2n) is 5.90. The number of hydrogen-bond donors (Lipinski definition) is 1. The molecule has 22 heavy (non-hydrogen) atoms. The van der Waals surface area contributed by atoms with Crippen molar-refractivity contribution < 1.29 is 13.6 Å². The number of nitrogens with one attached hydrogen (secondary N) is 1. The van der Waals surface area contributed by atoms with Crippen LogP contribution in [-0.2, 0) is 0 Å². The molecule has 3 rings (SSSR count). The fourth-order valence-electron chi connectivity index (χ4n) is 2.97. The topological polar surface area (TPSA) is 42.2 Å². The van der Waals surface area contributed by atoms with Gasteiger partial charge in [0.1, 0.15) is 17.3 Å². The summed E-state index contributed by atoms with van der Waals surface area (Å²) in [5, 5.41) is 3.09. The number of halogens is 1. The van der Waals surface area contributed by atoms with Gasteiger partial charge >= 0.3 is 0 Å². The number of hydrogen-bond acceptors (Lipinski definition) is 2. The second-order valence-corrected chi connectivity index (χ2v) is 5.90. The fraction of sp³-hybridized carbons (Fsp3) is 0.389. The molecule has 116 valence electrons. The van der Waals surface area contributed by atoms with Gasteiger partial charge in [-0.25, -0.2) is 4.39 Å². The van der Waals surface area contributed by atoms with Crippen molar-refractivity contribution in [3.05, 3.63) is 47.5 Å². The predicted molar refractivity (Wildman–Crippen MR) is 83.2 cm³/mol. The summed E-state index contributed by atoms with van der Waals surface area (Å²) in [6.07, 6.45) is 5.71. The maximum absolute atomic E-state index is 13.0. The van der Waals surface area contributed by atoms with Crippen molar-refractivity contribution >= 4 is 5.91 Å². The van der Waals surface area contributed by atoms with E-state index >= 15 is 0 Å². The van der Waals surface area contributed by atoms with Crippen LogP contribution in [0.15, 0.2) is 34.7 Å². The van der Waals surface area contributed by atoms with Crippen molar-refractivity contribution in [1.82, 2.24) is 5.32 Å². The molecule has 0 saturated heterocycles. The molecule has 1 saturated carbocycles. The number of furan rings is 1. The first kappa shape index (κ1) is 14.8. The van der Waals surface area contributed by atoms with Gasteiger partial charge in [-0.1, -0.05) is 19.3 Å². The molecule has 1 heterocycles. The van der Waals surface area contributed by atoms with Gasteiger partial charge in [-0.05, 0) is 50.1 Å². The van der Waals surface area contributed by atoms with E-state index in [0.717, 1.165) is 18.4 Å². The van der Waals surface area contributed by atoms with Crippen molar-refractivity contribution in [3.8, 4) is 11.3 Å². The van der Waals surface area contributed by atoms with E-state index in [1.165, 1.54) is 31.4 Å². The molecule has 0 bridgehead atoms. The lowest BCUT2D eigenvalue weighted by atomic mass is 9.95. The van der Waals surface area contributed by atoms with Gasteiger partial charge in [0.2, 0.25) is 0 Å². The van der Waals surface area contributed by atoms with E-state index in [2.05, 4.69) is 5.32 Å². The summed E-state index contributed by atoms with van der Waals surface area (Å²) in [7, 11) is 0. The Bertz CT molecular complexity index is 654. The van der Waals surface area contributed by atoms with E-state index < -0.39 is 0 Å². The van der Waals surface area contributed by atoms with Crippen LogP contribution in [0.2, 0.25) is 0 Å². The van der Waals surface area contributed by atoms with Gasteiger partial charge in [-0.2, -0.15) is 0 Å². The zero-order valence-electron chi connectivity index (χ0n) is 12.7. The van der Waals surface area contributed by atoms with Gasteiger partial charge in [0, 0.05) is 11.6 Å². The van der Waals surface area contributed by atoms with E-state index in [1.54, 1.807) is 25.1 Å². The number of aryl methyl sites for hydroxylation is 1. The van der Waals surface area contributed by atoms with Gasteiger partial charge in [0.05, 0.1) is 5.56 Å². The third kappa shape index (κ3) is 3.21. The minimum atomic E-state index is -0.290. The number of carbonyl (C=O) groups excluding carboxylic acids is 1. The first-order valence-electron chi connectivity index (χ1n) is 7.81. The summed E-state index contributed by atoms with van der Waals surface area (Å²) in [5.74, 6) is 0.808. The van der Waals surface area contributed by atoms with Crippen molar-refractivity contribution in [1.29, 1.82) is 0 Å². The summed E-state index contributed by atoms with van der Waals surface area (Å²) in [6, 6.07) is 8.07. The molecule has 0 radical (unpaired) electrons. The Labute approximate surface area is 129 Å². The third-order valence-corrected chi connectivity index (χ3v) is 4.23. The second kappa shape index (κ2) is 6.34. The molecule has 4 heteroatoms. The van der Waals surface area contributed by atoms with E-state index in [1.807, 2.05) is 0 Å². The molecule has 2 aromatic rings. The standard InChI is InChI=1S/C18H20FNO2/c1-12-16(18(21)20-15-5-3-2-4-6-15)11-17(22-12)13-7-9-14(19)10-8-13/h7-11,15H,2-6H2,1H3,(H,20,21). The Balaban J connectivity index is 1.76. The maximum atomic E-state index is 13.0. The Morgan fingerprint density at radius 1 is 1.18 bits per heavy atom. The predicted octanol–water partition coefficient (Wildman–Crippen LogP) is 4.46. The lowest BCUT2D eigenvalue weighted by Gasteiger charge is -2.22. The van der Waals surface area contributed by atoms with Gasteiger partial charge < -0.3 is 9.73 Å². The molecule has 1 aliphatic carbocycles. The van der Waals surface area contributed by atoms with Crippen molar-refractivity contribution in [2.45, 2.75) is 45.1 Å². The van der Waals surface area contributed by atoms with Crippen LogP contribution in [0.4, 0.5) is 4.39 Å². The normalized spacial score (nSPS) is 15.7. The van der Waals surface area contributed by atoms with Gasteiger partial charge in [0.25, 0.3) is 5.91 Å². The molecular formula is C18H20FNO2. The number of carbonyl (C=O) groups is 1. The first-order valence-corrected chi connectivity index (χ1v) is 7.81. The zero-order valence-corrected chi connectivity index (χ0v) is 12.7. The molecule has 1 aromatic heterocycles. The lowest BCUT2D eigenvalue weighted by Crippen LogP contribution is -2.36. The van der Waals surface area contributed by atoms with Crippen molar-refractivity contribution in [2.24, 2.45) is 0 Å². The highest BCUT2D eigenvalue weighted by Crippen LogP contribution is 2.26. The average molecular weight is 301 g/mol. The largest absolute Gasteiger partial charge is 0.461 e. The van der Waals surface area contributed by atoms with E-state index in [4.69, 9.17) is 4.42 Å². The minimum Gasteiger partial charge on any atom is -0.461 e. The molecule has 0 unspecified atom stereocenters. The van der Waals surface area contributed by atoms with Crippen LogP contribution in [-0.4, -0.2) is 11.9 Å². The van der Waals surface area contributed by atoms with Gasteiger partial charge in [-0.3, -0.25) is 4.79 Å². The van der Waals surface area contributed by atoms with Crippen LogP contribution in [0.1, 0.15) is 48.2 Å². The van der Waals surface area contributed by atoms with Gasteiger partial charge in [0.15, 0.2) is 0 Å². The molecule has 1 N–H and O–H groups in total. The van der Waals surface area contributed by atoms with Crippen molar-refractivity contribution in [3.63, 3.8) is 0 Å². The molecule has 3 nitrogen and oxygen atoms in total. The lowest BCUT2D eigenvalue weighted by molar-refractivity contribution is 0.0926. The Kier molecular flexibility index (Phi) is 4.27. The molecule has 1 aromatic carbocycles. The molecule has 1 amide bonds. The van der Waals surface area contributed by atoms with Crippen LogP contribution < -0.4 is 5.32 Å². The van der Waals surface area contributed by atoms with E-state index in [9.17, 15) is 9.18 Å². The minimum absolute atomic E-state index is 0.0819. The number of amides is 1. The monoisotopic (exact) mass is 301 g/mol. The van der Waals surface area contributed by atoms with Crippen molar-refractivity contribution in [2.75, 3.05) is 0 Å². The average Bonchev–Trinajstić information content (AvgIpc) is 2.91. The highest BCUT2D eigenvalue weighted by Gasteiger charge is 2.20. The zero-order chi connectivity index (χ0) is 15.5. The summed E-state index contributed by atoms with van der Waals surface area (Å²) in [5.41, 5.74) is 1.33.